The third-order valence-corrected chi connectivity index (χ3v) is 6.66. The molecule has 31 heavy (non-hydrogen) atoms. The van der Waals surface area contributed by atoms with Crippen molar-refractivity contribution >= 4 is 44.2 Å². The Morgan fingerprint density at radius 1 is 1.23 bits per heavy atom. The zero-order valence-corrected chi connectivity index (χ0v) is 19.1. The minimum atomic E-state index is -0.0154. The Bertz CT molecular complexity index is 1040. The molecular weight excluding hydrogens is 434 g/mol. The highest BCUT2D eigenvalue weighted by Gasteiger charge is 2.23. The quantitative estimate of drug-likeness (QED) is 0.504. The van der Waals surface area contributed by atoms with E-state index in [1.165, 1.54) is 11.3 Å². The zero-order chi connectivity index (χ0) is 21.6. The Morgan fingerprint density at radius 3 is 2.81 bits per heavy atom. The number of aromatic nitrogens is 1. The van der Waals surface area contributed by atoms with Crippen molar-refractivity contribution in [1.29, 1.82) is 0 Å². The molecule has 0 aliphatic carbocycles. The summed E-state index contributed by atoms with van der Waals surface area (Å²) in [5, 5.41) is 1.29. The molecule has 0 saturated carbocycles. The molecule has 3 aromatic rings. The predicted molar refractivity (Wildman–Crippen MR) is 126 cm³/mol. The molecule has 4 rings (SSSR count). The van der Waals surface area contributed by atoms with Gasteiger partial charge in [0, 0.05) is 31.2 Å². The second kappa shape index (κ2) is 10.4. The molecule has 0 atom stereocenters. The first-order valence-electron chi connectivity index (χ1n) is 10.5. The standard InChI is InChI=1S/C23H26ClN3O3S/c1-2-30-19-8-5-9-20-22(19)25-23(31-20)27(11-10-26-12-14-29-15-13-26)21(28)16-17-6-3-4-7-18(17)24/h3-9H,2,10-16H2,1H3. The Morgan fingerprint density at radius 2 is 2.03 bits per heavy atom. The van der Waals surface area contributed by atoms with Crippen LogP contribution in [0.4, 0.5) is 5.13 Å². The second-order valence-electron chi connectivity index (χ2n) is 7.30. The molecule has 0 unspecified atom stereocenters. The second-order valence-corrected chi connectivity index (χ2v) is 8.72. The smallest absolute Gasteiger partial charge is 0.233 e. The average Bonchev–Trinajstić information content (AvgIpc) is 3.21. The Labute approximate surface area is 191 Å². The summed E-state index contributed by atoms with van der Waals surface area (Å²) in [6.07, 6.45) is 0.233. The molecule has 1 saturated heterocycles. The molecule has 2 heterocycles. The molecule has 6 nitrogen and oxygen atoms in total. The van der Waals surface area contributed by atoms with Gasteiger partial charge in [-0.1, -0.05) is 47.2 Å². The lowest BCUT2D eigenvalue weighted by Gasteiger charge is -2.29. The molecule has 1 aromatic heterocycles. The Kier molecular flexibility index (Phi) is 7.40. The molecule has 1 aliphatic rings. The number of amides is 1. The number of para-hydroxylation sites is 1. The number of fused-ring (bicyclic) bond motifs is 1. The van der Waals surface area contributed by atoms with Gasteiger partial charge in [0.1, 0.15) is 11.3 Å². The van der Waals surface area contributed by atoms with Crippen molar-refractivity contribution in [2.75, 3.05) is 50.9 Å². The topological polar surface area (TPSA) is 54.9 Å². The van der Waals surface area contributed by atoms with Gasteiger partial charge in [-0.05, 0) is 30.7 Å². The monoisotopic (exact) mass is 459 g/mol. The van der Waals surface area contributed by atoms with E-state index < -0.39 is 0 Å². The van der Waals surface area contributed by atoms with Crippen molar-refractivity contribution in [2.45, 2.75) is 13.3 Å². The molecule has 8 heteroatoms. The van der Waals surface area contributed by atoms with Crippen LogP contribution in [0.3, 0.4) is 0 Å². The van der Waals surface area contributed by atoms with Gasteiger partial charge in [0.2, 0.25) is 5.91 Å². The lowest BCUT2D eigenvalue weighted by atomic mass is 10.1. The van der Waals surface area contributed by atoms with Crippen LogP contribution in [0, 0.1) is 0 Å². The van der Waals surface area contributed by atoms with Gasteiger partial charge in [-0.15, -0.1) is 0 Å². The molecule has 1 aliphatic heterocycles. The third-order valence-electron chi connectivity index (χ3n) is 5.25. The summed E-state index contributed by atoms with van der Waals surface area (Å²) in [6, 6.07) is 13.4. The van der Waals surface area contributed by atoms with E-state index in [1.54, 1.807) is 4.90 Å². The number of ether oxygens (including phenoxy) is 2. The molecule has 2 aromatic carbocycles. The Balaban J connectivity index is 1.61. The number of halogens is 1. The maximum absolute atomic E-state index is 13.4. The van der Waals surface area contributed by atoms with Gasteiger partial charge in [0.25, 0.3) is 0 Å². The van der Waals surface area contributed by atoms with Crippen LogP contribution in [-0.2, 0) is 16.0 Å². The fourth-order valence-corrected chi connectivity index (χ4v) is 4.82. The van der Waals surface area contributed by atoms with Gasteiger partial charge in [-0.2, -0.15) is 0 Å². The number of nitrogens with zero attached hydrogens (tertiary/aromatic N) is 3. The summed E-state index contributed by atoms with van der Waals surface area (Å²) >= 11 is 7.83. The molecule has 1 fully saturated rings. The molecule has 0 spiro atoms. The molecule has 0 bridgehead atoms. The van der Waals surface area contributed by atoms with Crippen molar-refractivity contribution in [3.8, 4) is 5.75 Å². The van der Waals surface area contributed by atoms with Gasteiger partial charge >= 0.3 is 0 Å². The van der Waals surface area contributed by atoms with Crippen LogP contribution >= 0.6 is 22.9 Å². The van der Waals surface area contributed by atoms with E-state index in [4.69, 9.17) is 26.1 Å². The highest BCUT2D eigenvalue weighted by atomic mass is 35.5. The molecule has 164 valence electrons. The summed E-state index contributed by atoms with van der Waals surface area (Å²) in [5.74, 6) is 0.729. The number of thiazole rings is 1. The van der Waals surface area contributed by atoms with E-state index in [9.17, 15) is 4.79 Å². The largest absolute Gasteiger partial charge is 0.492 e. The van der Waals surface area contributed by atoms with Crippen LogP contribution < -0.4 is 9.64 Å². The van der Waals surface area contributed by atoms with Crippen molar-refractivity contribution in [3.05, 3.63) is 53.1 Å². The third kappa shape index (κ3) is 5.36. The Hall–Kier alpha value is -2.19. The maximum Gasteiger partial charge on any atom is 0.233 e. The summed E-state index contributed by atoms with van der Waals surface area (Å²) in [4.78, 5) is 22.3. The zero-order valence-electron chi connectivity index (χ0n) is 17.6. The van der Waals surface area contributed by atoms with Crippen molar-refractivity contribution in [2.24, 2.45) is 0 Å². The number of carbonyl (C=O) groups excluding carboxylic acids is 1. The van der Waals surface area contributed by atoms with Crippen LogP contribution in [-0.4, -0.2) is 61.8 Å². The van der Waals surface area contributed by atoms with E-state index in [-0.39, 0.29) is 12.3 Å². The van der Waals surface area contributed by atoms with Crippen LogP contribution in [0.15, 0.2) is 42.5 Å². The van der Waals surface area contributed by atoms with Gasteiger partial charge in [0.05, 0.1) is 30.9 Å². The van der Waals surface area contributed by atoms with Crippen LogP contribution in [0.5, 0.6) is 5.75 Å². The number of hydrogen-bond donors (Lipinski definition) is 0. The van der Waals surface area contributed by atoms with Crippen LogP contribution in [0.1, 0.15) is 12.5 Å². The lowest BCUT2D eigenvalue weighted by molar-refractivity contribution is -0.118. The fraction of sp³-hybridized carbons (Fsp3) is 0.391. The molecule has 0 radical (unpaired) electrons. The van der Waals surface area contributed by atoms with Crippen molar-refractivity contribution in [1.82, 2.24) is 9.88 Å². The van der Waals surface area contributed by atoms with E-state index in [2.05, 4.69) is 4.90 Å². The van der Waals surface area contributed by atoms with Gasteiger partial charge in [-0.3, -0.25) is 14.6 Å². The van der Waals surface area contributed by atoms with E-state index >= 15 is 0 Å². The summed E-state index contributed by atoms with van der Waals surface area (Å²) in [5.41, 5.74) is 1.62. The SMILES string of the molecule is CCOc1cccc2sc(N(CCN3CCOCC3)C(=O)Cc3ccccc3Cl)nc12. The minimum absolute atomic E-state index is 0.0154. The highest BCUT2D eigenvalue weighted by Crippen LogP contribution is 2.34. The minimum Gasteiger partial charge on any atom is -0.492 e. The maximum atomic E-state index is 13.4. The normalized spacial score (nSPS) is 14.6. The van der Waals surface area contributed by atoms with Crippen LogP contribution in [0.25, 0.3) is 10.2 Å². The summed E-state index contributed by atoms with van der Waals surface area (Å²) < 4.78 is 12.2. The van der Waals surface area contributed by atoms with E-state index in [1.807, 2.05) is 49.4 Å². The van der Waals surface area contributed by atoms with E-state index in [0.717, 1.165) is 54.4 Å². The molecule has 1 amide bonds. The highest BCUT2D eigenvalue weighted by molar-refractivity contribution is 7.22. The van der Waals surface area contributed by atoms with Crippen LogP contribution in [0.2, 0.25) is 5.02 Å². The summed E-state index contributed by atoms with van der Waals surface area (Å²) in [7, 11) is 0. The van der Waals surface area contributed by atoms with E-state index in [0.29, 0.717) is 23.3 Å². The lowest BCUT2D eigenvalue weighted by Crippen LogP contribution is -2.43. The number of benzene rings is 2. The number of hydrogen-bond acceptors (Lipinski definition) is 6. The number of anilines is 1. The van der Waals surface area contributed by atoms with Crippen molar-refractivity contribution in [3.63, 3.8) is 0 Å². The van der Waals surface area contributed by atoms with Gasteiger partial charge in [-0.25, -0.2) is 4.98 Å². The van der Waals surface area contributed by atoms with Gasteiger partial charge < -0.3 is 9.47 Å². The molecular formula is C23H26ClN3O3S. The fourth-order valence-electron chi connectivity index (χ4n) is 3.59. The first kappa shape index (κ1) is 22.0. The number of morpholine rings is 1. The van der Waals surface area contributed by atoms with Crippen molar-refractivity contribution < 1.29 is 14.3 Å². The first-order valence-corrected chi connectivity index (χ1v) is 11.7. The number of rotatable bonds is 8. The number of carbonyl (C=O) groups is 1. The van der Waals surface area contributed by atoms with Gasteiger partial charge in [0.15, 0.2) is 5.13 Å². The first-order chi connectivity index (χ1) is 15.2. The molecule has 0 N–H and O–H groups in total. The summed E-state index contributed by atoms with van der Waals surface area (Å²) in [6.45, 7) is 7.06. The average molecular weight is 460 g/mol. The predicted octanol–water partition coefficient (Wildman–Crippen LogP) is 4.26.